The molecule has 1 saturated heterocycles. The van der Waals surface area contributed by atoms with E-state index in [0.717, 1.165) is 47.0 Å². The highest BCUT2D eigenvalue weighted by molar-refractivity contribution is 7.89. The van der Waals surface area contributed by atoms with Crippen LogP contribution in [0, 0.1) is 5.41 Å². The Morgan fingerprint density at radius 1 is 1.16 bits per heavy atom. The van der Waals surface area contributed by atoms with E-state index in [1.54, 1.807) is 11.2 Å². The minimum Gasteiger partial charge on any atom is -0.366 e. The second-order valence-corrected chi connectivity index (χ2v) is 13.6. The molecular formula is C29H40N4O3S. The number of nitrogens with one attached hydrogen (secondary N) is 2. The standard InChI is InChI=1S/C29H40N4O3S/c1-6-37(35,36)33-12-10-21(11-13-33)26-18-32-27-24(26)15-23(16-25(27)28(30)34)22-9-7-8-20(14-22)17-31-19(2)29(3,4)5/h7-9,14-16,18-19,21,31-32H,6,10-13,17H2,1-5H3,(H2,30,34). The molecule has 1 unspecified atom stereocenters. The van der Waals surface area contributed by atoms with Crippen LogP contribution >= 0.6 is 0 Å². The number of carbonyl (C=O) groups is 1. The van der Waals surface area contributed by atoms with Crippen molar-refractivity contribution in [1.82, 2.24) is 14.6 Å². The summed E-state index contributed by atoms with van der Waals surface area (Å²) in [7, 11) is -3.18. The van der Waals surface area contributed by atoms with Crippen LogP contribution in [0.1, 0.15) is 74.9 Å². The van der Waals surface area contributed by atoms with E-state index in [2.05, 4.69) is 62.3 Å². The van der Waals surface area contributed by atoms with E-state index in [1.807, 2.05) is 18.3 Å². The van der Waals surface area contributed by atoms with Gasteiger partial charge in [-0.1, -0.05) is 39.0 Å². The number of benzene rings is 2. The summed E-state index contributed by atoms with van der Waals surface area (Å²) in [6, 6.07) is 12.7. The first-order valence-electron chi connectivity index (χ1n) is 13.2. The molecule has 8 heteroatoms. The number of carbonyl (C=O) groups excluding carboxylic acids is 1. The first-order chi connectivity index (χ1) is 17.4. The Labute approximate surface area is 220 Å². The molecule has 1 amide bonds. The van der Waals surface area contributed by atoms with Gasteiger partial charge in [0.1, 0.15) is 0 Å². The molecule has 3 aromatic rings. The van der Waals surface area contributed by atoms with Crippen LogP contribution < -0.4 is 11.1 Å². The van der Waals surface area contributed by atoms with Gasteiger partial charge in [-0.3, -0.25) is 4.79 Å². The molecule has 0 saturated carbocycles. The minimum absolute atomic E-state index is 0.125. The zero-order valence-corrected chi connectivity index (χ0v) is 23.4. The quantitative estimate of drug-likeness (QED) is 0.386. The molecule has 7 nitrogen and oxygen atoms in total. The molecule has 0 bridgehead atoms. The third kappa shape index (κ3) is 5.92. The maximum Gasteiger partial charge on any atom is 0.250 e. The Kier molecular flexibility index (Phi) is 7.83. The maximum atomic E-state index is 12.4. The number of rotatable bonds is 8. The highest BCUT2D eigenvalue weighted by Gasteiger charge is 2.29. The number of nitrogens with two attached hydrogens (primary N) is 1. The predicted molar refractivity (Wildman–Crippen MR) is 151 cm³/mol. The topological polar surface area (TPSA) is 108 Å². The van der Waals surface area contributed by atoms with E-state index >= 15 is 0 Å². The van der Waals surface area contributed by atoms with Crippen LogP contribution in [0.4, 0.5) is 0 Å². The van der Waals surface area contributed by atoms with Crippen LogP contribution in [0.3, 0.4) is 0 Å². The molecule has 37 heavy (non-hydrogen) atoms. The van der Waals surface area contributed by atoms with E-state index in [9.17, 15) is 13.2 Å². The smallest absolute Gasteiger partial charge is 0.250 e. The van der Waals surface area contributed by atoms with Crippen molar-refractivity contribution >= 4 is 26.8 Å². The highest BCUT2D eigenvalue weighted by Crippen LogP contribution is 2.37. The Morgan fingerprint density at radius 2 is 1.86 bits per heavy atom. The third-order valence-electron chi connectivity index (χ3n) is 7.91. The zero-order valence-electron chi connectivity index (χ0n) is 22.6. The molecule has 1 aliphatic heterocycles. The number of aromatic nitrogens is 1. The van der Waals surface area contributed by atoms with Crippen molar-refractivity contribution in [1.29, 1.82) is 0 Å². The fraction of sp³-hybridized carbons (Fsp3) is 0.483. The summed E-state index contributed by atoms with van der Waals surface area (Å²) in [6.07, 6.45) is 3.45. The van der Waals surface area contributed by atoms with Gasteiger partial charge in [-0.05, 0) is 78.5 Å². The predicted octanol–water partition coefficient (Wildman–Crippen LogP) is 4.99. The Balaban J connectivity index is 1.65. The lowest BCUT2D eigenvalue weighted by molar-refractivity contribution is 0.100. The van der Waals surface area contributed by atoms with Crippen LogP contribution in [0.25, 0.3) is 22.0 Å². The first kappa shape index (κ1) is 27.4. The van der Waals surface area contributed by atoms with Crippen LogP contribution in [0.15, 0.2) is 42.6 Å². The van der Waals surface area contributed by atoms with Gasteiger partial charge in [0.2, 0.25) is 10.0 Å². The van der Waals surface area contributed by atoms with E-state index in [0.29, 0.717) is 24.7 Å². The number of hydrogen-bond donors (Lipinski definition) is 3. The van der Waals surface area contributed by atoms with Gasteiger partial charge in [0.05, 0.1) is 16.8 Å². The molecular weight excluding hydrogens is 484 g/mol. The molecule has 1 atom stereocenters. The second-order valence-electron chi connectivity index (χ2n) is 11.3. The third-order valence-corrected chi connectivity index (χ3v) is 9.79. The van der Waals surface area contributed by atoms with Crippen molar-refractivity contribution in [2.45, 2.75) is 66.0 Å². The lowest BCUT2D eigenvalue weighted by Gasteiger charge is -2.31. The summed E-state index contributed by atoms with van der Waals surface area (Å²) >= 11 is 0. The maximum absolute atomic E-state index is 12.4. The lowest BCUT2D eigenvalue weighted by Crippen LogP contribution is -2.38. The Bertz CT molecular complexity index is 1380. The normalized spacial score (nSPS) is 16.8. The van der Waals surface area contributed by atoms with Crippen molar-refractivity contribution in [3.8, 4) is 11.1 Å². The highest BCUT2D eigenvalue weighted by atomic mass is 32.2. The molecule has 1 fully saturated rings. The van der Waals surface area contributed by atoms with E-state index < -0.39 is 15.9 Å². The summed E-state index contributed by atoms with van der Waals surface area (Å²) in [4.78, 5) is 15.7. The molecule has 200 valence electrons. The van der Waals surface area contributed by atoms with Gasteiger partial charge in [0.15, 0.2) is 0 Å². The fourth-order valence-electron chi connectivity index (χ4n) is 5.02. The van der Waals surface area contributed by atoms with Crippen molar-refractivity contribution in [3.05, 3.63) is 59.3 Å². The van der Waals surface area contributed by atoms with Crippen molar-refractivity contribution in [2.24, 2.45) is 11.1 Å². The first-order valence-corrected chi connectivity index (χ1v) is 14.8. The van der Waals surface area contributed by atoms with Crippen LogP contribution in [-0.4, -0.2) is 48.5 Å². The molecule has 0 radical (unpaired) electrons. The van der Waals surface area contributed by atoms with Crippen molar-refractivity contribution < 1.29 is 13.2 Å². The van der Waals surface area contributed by atoms with Crippen LogP contribution in [0.5, 0.6) is 0 Å². The summed E-state index contributed by atoms with van der Waals surface area (Å²) in [5.74, 6) is -0.136. The number of sulfonamides is 1. The number of aromatic amines is 1. The monoisotopic (exact) mass is 524 g/mol. The van der Waals surface area contributed by atoms with Crippen LogP contribution in [0.2, 0.25) is 0 Å². The van der Waals surface area contributed by atoms with E-state index in [4.69, 9.17) is 5.73 Å². The number of amides is 1. The molecule has 0 spiro atoms. The van der Waals surface area contributed by atoms with Crippen LogP contribution in [-0.2, 0) is 16.6 Å². The molecule has 2 heterocycles. The molecule has 1 aromatic heterocycles. The van der Waals surface area contributed by atoms with Crippen molar-refractivity contribution in [3.63, 3.8) is 0 Å². The Morgan fingerprint density at radius 3 is 2.49 bits per heavy atom. The van der Waals surface area contributed by atoms with Crippen molar-refractivity contribution in [2.75, 3.05) is 18.8 Å². The van der Waals surface area contributed by atoms with Gasteiger partial charge < -0.3 is 16.0 Å². The minimum atomic E-state index is -3.18. The summed E-state index contributed by atoms with van der Waals surface area (Å²) in [5.41, 5.74) is 11.4. The SMILES string of the molecule is CCS(=O)(=O)N1CCC(c2c[nH]c3c(C(N)=O)cc(-c4cccc(CNC(C)C(C)(C)C)c4)cc23)CC1. The van der Waals surface area contributed by atoms with E-state index in [-0.39, 0.29) is 17.1 Å². The lowest BCUT2D eigenvalue weighted by atomic mass is 9.88. The summed E-state index contributed by atoms with van der Waals surface area (Å²) < 4.78 is 26.2. The summed E-state index contributed by atoms with van der Waals surface area (Å²) in [6.45, 7) is 12.3. The van der Waals surface area contributed by atoms with Gasteiger partial charge in [-0.15, -0.1) is 0 Å². The second kappa shape index (κ2) is 10.6. The zero-order chi connectivity index (χ0) is 27.0. The molecule has 4 rings (SSSR count). The molecule has 0 aliphatic carbocycles. The van der Waals surface area contributed by atoms with Gasteiger partial charge in [0, 0.05) is 37.3 Å². The van der Waals surface area contributed by atoms with E-state index in [1.165, 1.54) is 5.56 Å². The fourth-order valence-corrected chi connectivity index (χ4v) is 6.15. The van der Waals surface area contributed by atoms with Gasteiger partial charge in [-0.2, -0.15) is 0 Å². The average Bonchev–Trinajstić information content (AvgIpc) is 3.30. The number of H-pyrrole nitrogens is 1. The number of hydrogen-bond acceptors (Lipinski definition) is 4. The number of nitrogens with zero attached hydrogens (tertiary/aromatic N) is 1. The average molecular weight is 525 g/mol. The molecule has 1 aliphatic rings. The van der Waals surface area contributed by atoms with Gasteiger partial charge >= 0.3 is 0 Å². The van der Waals surface area contributed by atoms with Gasteiger partial charge in [0.25, 0.3) is 5.91 Å². The largest absolute Gasteiger partial charge is 0.366 e. The number of fused-ring (bicyclic) bond motifs is 1. The van der Waals surface area contributed by atoms with Gasteiger partial charge in [-0.25, -0.2) is 12.7 Å². The summed E-state index contributed by atoms with van der Waals surface area (Å²) in [5, 5.41) is 4.60. The number of piperidine rings is 1. The molecule has 2 aromatic carbocycles. The number of primary amides is 1. The molecule has 4 N–H and O–H groups in total. The Hall–Kier alpha value is -2.68.